The number of carbonyl (C=O) groups is 1. The van der Waals surface area contributed by atoms with Gasteiger partial charge in [-0.15, -0.1) is 0 Å². The number of hydrogen-bond acceptors (Lipinski definition) is 2. The molecule has 1 aliphatic heterocycles. The van der Waals surface area contributed by atoms with Gasteiger partial charge in [-0.05, 0) is 18.8 Å². The van der Waals surface area contributed by atoms with Gasteiger partial charge in [0.1, 0.15) is 6.10 Å². The fourth-order valence-electron chi connectivity index (χ4n) is 1.39. The van der Waals surface area contributed by atoms with Crippen LogP contribution >= 0.6 is 11.6 Å². The van der Waals surface area contributed by atoms with Crippen LogP contribution in [0.5, 0.6) is 0 Å². The van der Waals surface area contributed by atoms with Crippen LogP contribution in [0.25, 0.3) is 0 Å². The molecule has 1 rings (SSSR count). The molecule has 0 radical (unpaired) electrons. The topological polar surface area (TPSA) is 26.3 Å². The largest absolute Gasteiger partial charge is 0.454 e. The van der Waals surface area contributed by atoms with E-state index < -0.39 is 0 Å². The first kappa shape index (κ1) is 10.6. The van der Waals surface area contributed by atoms with E-state index in [0.717, 1.165) is 6.42 Å². The number of carbonyl (C=O) groups excluding carboxylic acids is 1. The Morgan fingerprint density at radius 3 is 2.62 bits per heavy atom. The summed E-state index contributed by atoms with van der Waals surface area (Å²) in [5, 5.41) is 0.655. The summed E-state index contributed by atoms with van der Waals surface area (Å²) < 4.78 is 5.00. The second-order valence-corrected chi connectivity index (χ2v) is 4.15. The lowest BCUT2D eigenvalue weighted by molar-refractivity contribution is -0.157. The summed E-state index contributed by atoms with van der Waals surface area (Å²) in [6, 6.07) is 0. The summed E-state index contributed by atoms with van der Waals surface area (Å²) in [7, 11) is 0. The second-order valence-electron chi connectivity index (χ2n) is 3.70. The maximum Gasteiger partial charge on any atom is 0.339 e. The zero-order valence-electron chi connectivity index (χ0n) is 8.26. The van der Waals surface area contributed by atoms with Crippen LogP contribution in [0.4, 0.5) is 0 Å². The van der Waals surface area contributed by atoms with Crippen molar-refractivity contribution < 1.29 is 9.53 Å². The molecular formula is C10H15ClO2. The third-order valence-corrected chi connectivity index (χ3v) is 2.55. The predicted octanol–water partition coefficient (Wildman–Crippen LogP) is 2.86. The van der Waals surface area contributed by atoms with Gasteiger partial charge >= 0.3 is 5.97 Å². The van der Waals surface area contributed by atoms with E-state index in [9.17, 15) is 4.79 Å². The highest BCUT2D eigenvalue weighted by Gasteiger charge is 2.38. The van der Waals surface area contributed by atoms with Crippen LogP contribution in [0.2, 0.25) is 0 Å². The maximum absolute atomic E-state index is 11.1. The summed E-state index contributed by atoms with van der Waals surface area (Å²) in [5.74, 6) is 0.284. The van der Waals surface area contributed by atoms with E-state index >= 15 is 0 Å². The number of cyclic esters (lactones) is 1. The normalized spacial score (nSPS) is 25.6. The van der Waals surface area contributed by atoms with E-state index in [4.69, 9.17) is 16.3 Å². The van der Waals surface area contributed by atoms with Gasteiger partial charge in [0.05, 0.1) is 5.57 Å². The molecular weight excluding hydrogens is 188 g/mol. The van der Waals surface area contributed by atoms with Gasteiger partial charge in [0.25, 0.3) is 0 Å². The van der Waals surface area contributed by atoms with Gasteiger partial charge in [0, 0.05) is 5.03 Å². The molecule has 0 unspecified atom stereocenters. The van der Waals surface area contributed by atoms with Crippen molar-refractivity contribution in [3.8, 4) is 0 Å². The Kier molecular flexibility index (Phi) is 3.37. The molecule has 0 N–H and O–H groups in total. The number of allylic oxidation sites excluding steroid dienone is 1. The molecule has 2 nitrogen and oxygen atoms in total. The van der Waals surface area contributed by atoms with Gasteiger partial charge in [-0.1, -0.05) is 32.4 Å². The van der Waals surface area contributed by atoms with Crippen LogP contribution in [0.1, 0.15) is 33.6 Å². The van der Waals surface area contributed by atoms with E-state index in [-0.39, 0.29) is 12.1 Å². The third-order valence-electron chi connectivity index (χ3n) is 2.08. The molecule has 1 aliphatic rings. The third kappa shape index (κ3) is 2.25. The number of hydrogen-bond donors (Lipinski definition) is 0. The highest BCUT2D eigenvalue weighted by Crippen LogP contribution is 2.32. The standard InChI is InChI=1S/C10H15ClO2/c1-4-7(11)9-8(5-6(2)3)13-10(9)12/h6,8H,4-5H2,1-3H3/b9-7-/t8-/m0/s1. The van der Waals surface area contributed by atoms with Crippen molar-refractivity contribution in [2.75, 3.05) is 0 Å². The minimum Gasteiger partial charge on any atom is -0.454 e. The van der Waals surface area contributed by atoms with E-state index in [1.54, 1.807) is 0 Å². The number of ether oxygens (including phenoxy) is 1. The van der Waals surface area contributed by atoms with Crippen LogP contribution in [0.15, 0.2) is 10.6 Å². The molecule has 3 heteroatoms. The minimum atomic E-state index is -0.238. The van der Waals surface area contributed by atoms with Crippen LogP contribution in [-0.4, -0.2) is 12.1 Å². The first-order chi connectivity index (χ1) is 6.06. The molecule has 0 saturated carbocycles. The molecule has 1 atom stereocenters. The van der Waals surface area contributed by atoms with Gasteiger partial charge in [0.2, 0.25) is 0 Å². The molecule has 74 valence electrons. The molecule has 1 fully saturated rings. The summed E-state index contributed by atoms with van der Waals surface area (Å²) in [5.41, 5.74) is 0.692. The van der Waals surface area contributed by atoms with Crippen molar-refractivity contribution in [3.05, 3.63) is 10.6 Å². The van der Waals surface area contributed by atoms with Crippen molar-refractivity contribution >= 4 is 17.6 Å². The Morgan fingerprint density at radius 2 is 2.23 bits per heavy atom. The quantitative estimate of drug-likeness (QED) is 0.520. The molecule has 0 bridgehead atoms. The fourth-order valence-corrected chi connectivity index (χ4v) is 1.59. The Hall–Kier alpha value is -0.500. The van der Waals surface area contributed by atoms with Gasteiger partial charge in [-0.2, -0.15) is 0 Å². The highest BCUT2D eigenvalue weighted by molar-refractivity contribution is 6.32. The van der Waals surface area contributed by atoms with Crippen molar-refractivity contribution in [2.45, 2.75) is 39.7 Å². The summed E-state index contributed by atoms with van der Waals surface area (Å²) in [6.45, 7) is 6.14. The van der Waals surface area contributed by atoms with Gasteiger partial charge in [-0.3, -0.25) is 0 Å². The van der Waals surface area contributed by atoms with E-state index in [1.165, 1.54) is 0 Å². The molecule has 0 aromatic heterocycles. The van der Waals surface area contributed by atoms with Gasteiger partial charge in [-0.25, -0.2) is 4.79 Å². The summed E-state index contributed by atoms with van der Waals surface area (Å²) >= 11 is 5.92. The summed E-state index contributed by atoms with van der Waals surface area (Å²) in [6.07, 6.45) is 1.53. The number of halogens is 1. The maximum atomic E-state index is 11.1. The lowest BCUT2D eigenvalue weighted by atomic mass is 9.94. The first-order valence-corrected chi connectivity index (χ1v) is 5.03. The molecule has 1 heterocycles. The average molecular weight is 203 g/mol. The van der Waals surface area contributed by atoms with Crippen LogP contribution in [0, 0.1) is 5.92 Å². The monoisotopic (exact) mass is 202 g/mol. The Bertz CT molecular complexity index is 243. The van der Waals surface area contributed by atoms with E-state index in [0.29, 0.717) is 22.9 Å². The molecule has 0 aliphatic carbocycles. The van der Waals surface area contributed by atoms with Crippen LogP contribution in [0.3, 0.4) is 0 Å². The Balaban J connectivity index is 2.67. The van der Waals surface area contributed by atoms with Crippen molar-refractivity contribution in [1.29, 1.82) is 0 Å². The fraction of sp³-hybridized carbons (Fsp3) is 0.700. The molecule has 13 heavy (non-hydrogen) atoms. The van der Waals surface area contributed by atoms with Crippen molar-refractivity contribution in [2.24, 2.45) is 5.92 Å². The van der Waals surface area contributed by atoms with Crippen LogP contribution < -0.4 is 0 Å². The minimum absolute atomic E-state index is 0.0556. The first-order valence-electron chi connectivity index (χ1n) is 4.65. The number of esters is 1. The van der Waals surface area contributed by atoms with Gasteiger partial charge < -0.3 is 4.74 Å². The lowest BCUT2D eigenvalue weighted by Gasteiger charge is -2.31. The Morgan fingerprint density at radius 1 is 1.62 bits per heavy atom. The molecule has 0 aromatic rings. The number of rotatable bonds is 3. The zero-order valence-corrected chi connectivity index (χ0v) is 9.02. The lowest BCUT2D eigenvalue weighted by Crippen LogP contribution is -2.38. The average Bonchev–Trinajstić information content (AvgIpc) is 2.02. The molecule has 0 amide bonds. The summed E-state index contributed by atoms with van der Waals surface area (Å²) in [4.78, 5) is 11.1. The van der Waals surface area contributed by atoms with Crippen molar-refractivity contribution in [3.63, 3.8) is 0 Å². The van der Waals surface area contributed by atoms with E-state index in [1.807, 2.05) is 6.92 Å². The van der Waals surface area contributed by atoms with Gasteiger partial charge in [0.15, 0.2) is 0 Å². The van der Waals surface area contributed by atoms with Crippen molar-refractivity contribution in [1.82, 2.24) is 0 Å². The predicted molar refractivity (Wildman–Crippen MR) is 52.5 cm³/mol. The molecule has 0 aromatic carbocycles. The second kappa shape index (κ2) is 4.14. The molecule has 1 saturated heterocycles. The SMILES string of the molecule is CC/C(Cl)=C1/C(=O)O[C@H]1CC(C)C. The zero-order chi connectivity index (χ0) is 10.0. The smallest absolute Gasteiger partial charge is 0.339 e. The molecule has 0 spiro atoms. The van der Waals surface area contributed by atoms with Crippen LogP contribution in [-0.2, 0) is 9.53 Å². The van der Waals surface area contributed by atoms with E-state index in [2.05, 4.69) is 13.8 Å². The highest BCUT2D eigenvalue weighted by atomic mass is 35.5. The Labute approximate surface area is 83.9 Å².